The minimum atomic E-state index is -0.567. The molecule has 2 atom stereocenters. The molecule has 0 radical (unpaired) electrons. The summed E-state index contributed by atoms with van der Waals surface area (Å²) < 4.78 is 5.48. The first kappa shape index (κ1) is 20.9. The normalized spacial score (nSPS) is 13.5. The summed E-state index contributed by atoms with van der Waals surface area (Å²) in [6.07, 6.45) is 3.92. The van der Waals surface area contributed by atoms with Gasteiger partial charge in [0.25, 0.3) is 0 Å². The van der Waals surface area contributed by atoms with Crippen LogP contribution >= 0.6 is 0 Å². The highest BCUT2D eigenvalue weighted by Crippen LogP contribution is 2.21. The third-order valence-electron chi connectivity index (χ3n) is 3.88. The first-order valence-corrected chi connectivity index (χ1v) is 8.74. The van der Waals surface area contributed by atoms with Gasteiger partial charge in [-0.15, -0.1) is 0 Å². The van der Waals surface area contributed by atoms with Crippen LogP contribution in [0.4, 0.5) is 4.79 Å². The second-order valence-electron chi connectivity index (χ2n) is 7.64. The molecule has 0 aliphatic rings. The maximum absolute atomic E-state index is 12.5. The molecule has 1 aromatic rings. The first-order valence-electron chi connectivity index (χ1n) is 8.74. The number of amides is 1. The van der Waals surface area contributed by atoms with Gasteiger partial charge in [-0.25, -0.2) is 4.79 Å². The molecule has 4 heteroatoms. The predicted molar refractivity (Wildman–Crippen MR) is 102 cm³/mol. The maximum Gasteiger partial charge on any atom is 0.410 e. The standard InChI is InChI=1S/C21H31NO3/c1-16(2)14-18(15-23)19(13-12-17-10-8-7-9-11-17)22(6)20(24)25-21(3,4)5/h7-11,14-15,18-19H,12-13H2,1-6H3/t18-,19-/m0/s1. The third-order valence-corrected chi connectivity index (χ3v) is 3.88. The zero-order valence-corrected chi connectivity index (χ0v) is 16.3. The average Bonchev–Trinajstić information content (AvgIpc) is 2.52. The first-order chi connectivity index (χ1) is 11.6. The molecule has 0 fully saturated rings. The number of benzene rings is 1. The van der Waals surface area contributed by atoms with Crippen molar-refractivity contribution in [2.75, 3.05) is 7.05 Å². The number of nitrogens with zero attached hydrogens (tertiary/aromatic N) is 1. The number of hydrogen-bond donors (Lipinski definition) is 0. The lowest BCUT2D eigenvalue weighted by molar-refractivity contribution is -0.111. The fourth-order valence-corrected chi connectivity index (χ4v) is 2.70. The summed E-state index contributed by atoms with van der Waals surface area (Å²) in [6, 6.07) is 9.83. The van der Waals surface area contributed by atoms with E-state index in [1.54, 1.807) is 11.9 Å². The molecule has 1 amide bonds. The van der Waals surface area contributed by atoms with Crippen molar-refractivity contribution in [3.8, 4) is 0 Å². The van der Waals surface area contributed by atoms with E-state index in [-0.39, 0.29) is 12.0 Å². The summed E-state index contributed by atoms with van der Waals surface area (Å²) in [5, 5.41) is 0. The molecule has 0 heterocycles. The highest BCUT2D eigenvalue weighted by atomic mass is 16.6. The van der Waals surface area contributed by atoms with Crippen LogP contribution in [0.15, 0.2) is 42.0 Å². The minimum absolute atomic E-state index is 0.248. The summed E-state index contributed by atoms with van der Waals surface area (Å²) in [5.74, 6) is -0.355. The van der Waals surface area contributed by atoms with Gasteiger partial charge in [0.15, 0.2) is 0 Å². The summed E-state index contributed by atoms with van der Waals surface area (Å²) in [7, 11) is 1.71. The van der Waals surface area contributed by atoms with Crippen LogP contribution in [0.2, 0.25) is 0 Å². The molecule has 0 spiro atoms. The molecule has 0 unspecified atom stereocenters. The highest BCUT2D eigenvalue weighted by Gasteiger charge is 2.29. The number of aldehydes is 1. The number of ether oxygens (including phenoxy) is 1. The maximum atomic E-state index is 12.5. The van der Waals surface area contributed by atoms with Crippen LogP contribution in [0.25, 0.3) is 0 Å². The Morgan fingerprint density at radius 1 is 1.20 bits per heavy atom. The molecule has 0 aliphatic carbocycles. The Morgan fingerprint density at radius 3 is 2.28 bits per heavy atom. The predicted octanol–water partition coefficient (Wildman–Crippen LogP) is 4.64. The van der Waals surface area contributed by atoms with Gasteiger partial charge in [-0.1, -0.05) is 42.0 Å². The van der Waals surface area contributed by atoms with Gasteiger partial charge in [0.1, 0.15) is 11.9 Å². The van der Waals surface area contributed by atoms with E-state index in [1.807, 2.05) is 58.9 Å². The van der Waals surface area contributed by atoms with Gasteiger partial charge in [0, 0.05) is 13.1 Å². The molecule has 1 aromatic carbocycles. The molecular weight excluding hydrogens is 314 g/mol. The van der Waals surface area contributed by atoms with E-state index in [2.05, 4.69) is 12.1 Å². The number of rotatable bonds is 7. The van der Waals surface area contributed by atoms with Crippen LogP contribution in [0.5, 0.6) is 0 Å². The Hall–Kier alpha value is -2.10. The van der Waals surface area contributed by atoms with E-state index in [1.165, 1.54) is 5.56 Å². The summed E-state index contributed by atoms with van der Waals surface area (Å²) in [5.41, 5.74) is 1.68. The number of aryl methyl sites for hydroxylation is 1. The lowest BCUT2D eigenvalue weighted by atomic mass is 9.92. The zero-order valence-electron chi connectivity index (χ0n) is 16.3. The molecule has 0 bridgehead atoms. The van der Waals surface area contributed by atoms with Crippen molar-refractivity contribution in [1.82, 2.24) is 4.90 Å². The smallest absolute Gasteiger partial charge is 0.410 e. The number of carbonyl (C=O) groups excluding carboxylic acids is 2. The van der Waals surface area contributed by atoms with Crippen LogP contribution in [0, 0.1) is 5.92 Å². The Morgan fingerprint density at radius 2 is 1.80 bits per heavy atom. The Bertz CT molecular complexity index is 583. The quantitative estimate of drug-likeness (QED) is 0.534. The third kappa shape index (κ3) is 7.55. The molecule has 0 aliphatic heterocycles. The average molecular weight is 345 g/mol. The lowest BCUT2D eigenvalue weighted by Gasteiger charge is -2.33. The molecule has 1 rings (SSSR count). The van der Waals surface area contributed by atoms with E-state index in [0.717, 1.165) is 18.3 Å². The van der Waals surface area contributed by atoms with Crippen LogP contribution in [-0.4, -0.2) is 36.0 Å². The van der Waals surface area contributed by atoms with Gasteiger partial charge in [-0.3, -0.25) is 0 Å². The number of allylic oxidation sites excluding steroid dienone is 1. The molecule has 25 heavy (non-hydrogen) atoms. The van der Waals surface area contributed by atoms with Crippen molar-refractivity contribution in [2.24, 2.45) is 5.92 Å². The van der Waals surface area contributed by atoms with E-state index >= 15 is 0 Å². The van der Waals surface area contributed by atoms with Crippen molar-refractivity contribution >= 4 is 12.4 Å². The van der Waals surface area contributed by atoms with Crippen LogP contribution in [-0.2, 0) is 16.0 Å². The molecule has 0 N–H and O–H groups in total. The van der Waals surface area contributed by atoms with Crippen molar-refractivity contribution in [2.45, 2.75) is 59.1 Å². The lowest BCUT2D eigenvalue weighted by Crippen LogP contribution is -2.44. The molecule has 138 valence electrons. The van der Waals surface area contributed by atoms with Gasteiger partial charge < -0.3 is 14.4 Å². The SMILES string of the molecule is CC(C)=C[C@@H](C=O)[C@H](CCc1ccccc1)N(C)C(=O)OC(C)(C)C. The zero-order chi connectivity index (χ0) is 19.0. The second kappa shape index (κ2) is 9.40. The molecule has 0 saturated carbocycles. The van der Waals surface area contributed by atoms with Crippen molar-refractivity contribution in [3.05, 3.63) is 47.5 Å². The number of carbonyl (C=O) groups is 2. The van der Waals surface area contributed by atoms with Gasteiger partial charge in [0.05, 0.1) is 5.92 Å². The largest absolute Gasteiger partial charge is 0.444 e. The van der Waals surface area contributed by atoms with Gasteiger partial charge in [0.2, 0.25) is 0 Å². The van der Waals surface area contributed by atoms with E-state index < -0.39 is 11.7 Å². The molecular formula is C21H31NO3. The molecule has 4 nitrogen and oxygen atoms in total. The summed E-state index contributed by atoms with van der Waals surface area (Å²) >= 11 is 0. The fraction of sp³-hybridized carbons (Fsp3) is 0.524. The van der Waals surface area contributed by atoms with Crippen molar-refractivity contribution < 1.29 is 14.3 Å². The van der Waals surface area contributed by atoms with Gasteiger partial charge >= 0.3 is 6.09 Å². The summed E-state index contributed by atoms with van der Waals surface area (Å²) in [6.45, 7) is 9.43. The van der Waals surface area contributed by atoms with Gasteiger partial charge in [-0.2, -0.15) is 0 Å². The fourth-order valence-electron chi connectivity index (χ4n) is 2.70. The van der Waals surface area contributed by atoms with Crippen molar-refractivity contribution in [1.29, 1.82) is 0 Å². The topological polar surface area (TPSA) is 46.6 Å². The Kier molecular flexibility index (Phi) is 7.88. The monoisotopic (exact) mass is 345 g/mol. The van der Waals surface area contributed by atoms with E-state index in [0.29, 0.717) is 6.42 Å². The summed E-state index contributed by atoms with van der Waals surface area (Å²) in [4.78, 5) is 25.7. The highest BCUT2D eigenvalue weighted by molar-refractivity contribution is 5.69. The van der Waals surface area contributed by atoms with Crippen LogP contribution in [0.3, 0.4) is 0 Å². The minimum Gasteiger partial charge on any atom is -0.444 e. The van der Waals surface area contributed by atoms with Crippen LogP contribution < -0.4 is 0 Å². The van der Waals surface area contributed by atoms with Gasteiger partial charge in [-0.05, 0) is 53.0 Å². The van der Waals surface area contributed by atoms with E-state index in [9.17, 15) is 9.59 Å². The van der Waals surface area contributed by atoms with Crippen molar-refractivity contribution in [3.63, 3.8) is 0 Å². The number of hydrogen-bond acceptors (Lipinski definition) is 3. The van der Waals surface area contributed by atoms with E-state index in [4.69, 9.17) is 4.74 Å². The second-order valence-corrected chi connectivity index (χ2v) is 7.64. The van der Waals surface area contributed by atoms with Crippen LogP contribution in [0.1, 0.15) is 46.6 Å². The Balaban J connectivity index is 2.98. The Labute approximate surface area is 151 Å². The molecule has 0 saturated heterocycles. The molecule has 0 aromatic heterocycles.